The second-order valence-corrected chi connectivity index (χ2v) is 25.5. The van der Waals surface area contributed by atoms with Crippen LogP contribution in [0.3, 0.4) is 0 Å². The molecule has 0 amide bonds. The largest absolute Gasteiger partial charge is 0.552 e. The van der Waals surface area contributed by atoms with E-state index in [4.69, 9.17) is 39.9 Å². The van der Waals surface area contributed by atoms with Gasteiger partial charge in [-0.2, -0.15) is 0 Å². The molecular formula is C16H36Br2Cl2O4Si2. The van der Waals surface area contributed by atoms with Crippen LogP contribution in [0.2, 0.25) is 0 Å². The van der Waals surface area contributed by atoms with Gasteiger partial charge in [0.25, 0.3) is 0 Å². The fraction of sp³-hybridized carbons (Fsp3) is 1.00. The van der Waals surface area contributed by atoms with E-state index in [1.165, 1.54) is 0 Å². The van der Waals surface area contributed by atoms with Crippen molar-refractivity contribution in [1.29, 1.82) is 0 Å². The van der Waals surface area contributed by atoms with Crippen LogP contribution in [0.25, 0.3) is 0 Å². The van der Waals surface area contributed by atoms with Crippen molar-refractivity contribution in [2.45, 2.75) is 105 Å². The molecule has 0 spiro atoms. The van der Waals surface area contributed by atoms with Crippen molar-refractivity contribution >= 4 is 65.7 Å². The van der Waals surface area contributed by atoms with Gasteiger partial charge in [-0.1, -0.05) is 22.2 Å². The molecule has 26 heavy (non-hydrogen) atoms. The predicted molar refractivity (Wildman–Crippen MR) is 124 cm³/mol. The van der Waals surface area contributed by atoms with E-state index in [0.717, 1.165) is 0 Å². The molecule has 0 aromatic carbocycles. The molecule has 0 bridgehead atoms. The summed E-state index contributed by atoms with van der Waals surface area (Å²) in [6.07, 6.45) is 0. The molecule has 0 rings (SSSR count). The smallest absolute Gasteiger partial charge is 0.373 e. The van der Waals surface area contributed by atoms with Crippen LogP contribution >= 0.6 is 52.7 Å². The van der Waals surface area contributed by atoms with Crippen molar-refractivity contribution in [2.24, 2.45) is 0 Å². The van der Waals surface area contributed by atoms with Crippen molar-refractivity contribution in [3.8, 4) is 0 Å². The Morgan fingerprint density at radius 2 is 0.692 bits per heavy atom. The van der Waals surface area contributed by atoms with Gasteiger partial charge >= 0.3 is 13.0 Å². The minimum Gasteiger partial charge on any atom is -0.373 e. The van der Waals surface area contributed by atoms with Crippen LogP contribution in [0.1, 0.15) is 83.1 Å². The molecule has 0 N–H and O–H groups in total. The summed E-state index contributed by atoms with van der Waals surface area (Å²) < 4.78 is 22.4. The summed E-state index contributed by atoms with van der Waals surface area (Å²) in [5, 5.41) is 0. The Morgan fingerprint density at radius 1 is 0.500 bits per heavy atom. The highest BCUT2D eigenvalue weighted by Crippen LogP contribution is 2.32. The van der Waals surface area contributed by atoms with Crippen molar-refractivity contribution in [3.63, 3.8) is 0 Å². The first-order valence-corrected chi connectivity index (χ1v) is 18.6. The second-order valence-electron chi connectivity index (χ2n) is 9.78. The Labute approximate surface area is 188 Å². The number of hydrogen-bond acceptors (Lipinski definition) is 4. The van der Waals surface area contributed by atoms with Crippen molar-refractivity contribution in [2.75, 3.05) is 0 Å². The van der Waals surface area contributed by atoms with E-state index in [2.05, 4.69) is 30.6 Å². The molecule has 0 unspecified atom stereocenters. The molecule has 0 atom stereocenters. The minimum atomic E-state index is -3.03. The van der Waals surface area contributed by atoms with Crippen LogP contribution in [-0.4, -0.2) is 35.4 Å². The maximum atomic E-state index is 5.97. The third-order valence-electron chi connectivity index (χ3n) is 1.70. The van der Waals surface area contributed by atoms with Crippen molar-refractivity contribution in [3.05, 3.63) is 0 Å². The average molecular weight is 579 g/mol. The second kappa shape index (κ2) is 10.2. The van der Waals surface area contributed by atoms with Gasteiger partial charge in [0.1, 0.15) is 0 Å². The molecule has 0 aromatic heterocycles. The number of halogens is 4. The molecule has 0 saturated heterocycles. The Morgan fingerprint density at radius 3 is 0.846 bits per heavy atom. The highest BCUT2D eigenvalue weighted by molar-refractivity contribution is 9.50. The third kappa shape index (κ3) is 23.9. The lowest BCUT2D eigenvalue weighted by Gasteiger charge is -2.33. The molecule has 0 radical (unpaired) electrons. The van der Waals surface area contributed by atoms with E-state index < -0.39 is 13.0 Å². The lowest BCUT2D eigenvalue weighted by Crippen LogP contribution is -2.43. The highest BCUT2D eigenvalue weighted by atomic mass is 79.9. The fourth-order valence-corrected chi connectivity index (χ4v) is 13.0. The molecule has 0 aliphatic carbocycles. The third-order valence-corrected chi connectivity index (χ3v) is 7.97. The van der Waals surface area contributed by atoms with Gasteiger partial charge in [0.05, 0.1) is 22.4 Å². The first-order valence-electron chi connectivity index (χ1n) is 8.39. The molecule has 0 heterocycles. The molecular weight excluding hydrogens is 543 g/mol. The zero-order valence-corrected chi connectivity index (χ0v) is 24.8. The van der Waals surface area contributed by atoms with Gasteiger partial charge in [0, 0.05) is 0 Å². The molecule has 160 valence electrons. The van der Waals surface area contributed by atoms with E-state index in [1.807, 2.05) is 83.1 Å². The molecule has 0 aliphatic rings. The van der Waals surface area contributed by atoms with Crippen LogP contribution in [-0.2, 0) is 17.7 Å². The Balaban J connectivity index is 0. The standard InChI is InChI=1S/C8H18Br2O2Si.C8H18Cl2O2Si/c2*1-7(2,3)11-13(9,10)12-8(4,5)6/h2*1-6H3. The summed E-state index contributed by atoms with van der Waals surface area (Å²) in [6, 6.07) is 0. The zero-order chi connectivity index (χ0) is 21.8. The lowest BCUT2D eigenvalue weighted by atomic mass is 10.2. The molecule has 0 aromatic rings. The van der Waals surface area contributed by atoms with E-state index in [0.29, 0.717) is 0 Å². The number of rotatable bonds is 4. The van der Waals surface area contributed by atoms with Gasteiger partial charge in [0.2, 0.25) is 0 Å². The van der Waals surface area contributed by atoms with Crippen molar-refractivity contribution in [1.82, 2.24) is 0 Å². The monoisotopic (exact) mass is 576 g/mol. The zero-order valence-electron chi connectivity index (χ0n) is 18.1. The van der Waals surface area contributed by atoms with Gasteiger partial charge in [0.15, 0.2) is 0 Å². The summed E-state index contributed by atoms with van der Waals surface area (Å²) in [7, 11) is -3.03. The maximum Gasteiger partial charge on any atom is 0.552 e. The maximum absolute atomic E-state index is 5.97. The molecule has 4 nitrogen and oxygen atoms in total. The van der Waals surface area contributed by atoms with Crippen molar-refractivity contribution < 1.29 is 17.7 Å². The Hall–Kier alpha value is 1.81. The summed E-state index contributed by atoms with van der Waals surface area (Å²) in [4.78, 5) is 0. The molecule has 10 heteroatoms. The SMILES string of the molecule is CC(C)(C)O[Si](Br)(Br)OC(C)(C)C.CC(C)(C)O[Si](Cl)(Cl)OC(C)(C)C. The van der Waals surface area contributed by atoms with E-state index in [9.17, 15) is 0 Å². The van der Waals surface area contributed by atoms with Gasteiger partial charge in [-0.3, -0.25) is 0 Å². The molecule has 0 fully saturated rings. The van der Waals surface area contributed by atoms with E-state index in [-0.39, 0.29) is 22.4 Å². The number of hydrogen-bond donors (Lipinski definition) is 0. The van der Waals surface area contributed by atoms with Crippen LogP contribution in [0, 0.1) is 0 Å². The van der Waals surface area contributed by atoms with Gasteiger partial charge in [-0.05, 0) is 114 Å². The topological polar surface area (TPSA) is 36.9 Å². The van der Waals surface area contributed by atoms with E-state index >= 15 is 0 Å². The van der Waals surface area contributed by atoms with Crippen LogP contribution < -0.4 is 0 Å². The normalized spacial score (nSPS) is 14.8. The predicted octanol–water partition coefficient (Wildman–Crippen LogP) is 7.37. The van der Waals surface area contributed by atoms with Gasteiger partial charge in [-0.25, -0.2) is 0 Å². The lowest BCUT2D eigenvalue weighted by molar-refractivity contribution is 0.0382. The first-order chi connectivity index (χ1) is 10.8. The van der Waals surface area contributed by atoms with E-state index in [1.54, 1.807) is 0 Å². The molecule has 0 aliphatic heterocycles. The van der Waals surface area contributed by atoms with Gasteiger partial charge in [-0.15, -0.1) is 0 Å². The Kier molecular flexibility index (Phi) is 11.8. The highest BCUT2D eigenvalue weighted by Gasteiger charge is 2.42. The first kappa shape index (κ1) is 30.0. The van der Waals surface area contributed by atoms with Crippen LogP contribution in [0.15, 0.2) is 0 Å². The quantitative estimate of drug-likeness (QED) is 0.258. The Bertz CT molecular complexity index is 348. The summed E-state index contributed by atoms with van der Waals surface area (Å²) in [5.74, 6) is -2.35. The summed E-state index contributed by atoms with van der Waals surface area (Å²) >= 11 is 18.9. The van der Waals surface area contributed by atoms with Crippen LogP contribution in [0.5, 0.6) is 0 Å². The summed E-state index contributed by atoms with van der Waals surface area (Å²) in [5.41, 5.74) is -1.16. The fourth-order valence-electron chi connectivity index (χ4n) is 1.47. The summed E-state index contributed by atoms with van der Waals surface area (Å²) in [6.45, 7) is 23.4. The minimum absolute atomic E-state index is 0.204. The molecule has 0 saturated carbocycles. The van der Waals surface area contributed by atoms with Crippen LogP contribution in [0.4, 0.5) is 0 Å². The average Bonchev–Trinajstić information content (AvgIpc) is 1.97. The van der Waals surface area contributed by atoms with Gasteiger partial charge < -0.3 is 17.7 Å².